The molecule has 4 rings (SSSR count). The van der Waals surface area contributed by atoms with Crippen LogP contribution in [-0.2, 0) is 24.0 Å². The lowest BCUT2D eigenvalue weighted by atomic mass is 10.1. The van der Waals surface area contributed by atoms with Crippen LogP contribution < -0.4 is 0 Å². The Bertz CT molecular complexity index is 1050. The molecule has 0 spiro atoms. The van der Waals surface area contributed by atoms with Gasteiger partial charge in [0.25, 0.3) is 0 Å². The molecule has 1 aliphatic heterocycles. The van der Waals surface area contributed by atoms with Gasteiger partial charge in [0.15, 0.2) is 0 Å². The predicted molar refractivity (Wildman–Crippen MR) is 127 cm³/mol. The van der Waals surface area contributed by atoms with Gasteiger partial charge < -0.3 is 4.74 Å². The van der Waals surface area contributed by atoms with Gasteiger partial charge in [0, 0.05) is 48.9 Å². The molecule has 1 fully saturated rings. The van der Waals surface area contributed by atoms with E-state index in [0.717, 1.165) is 105 Å². The molecule has 0 radical (unpaired) electrons. The van der Waals surface area contributed by atoms with Crippen LogP contribution in [0.1, 0.15) is 43.4 Å². The number of aryl methyl sites for hydroxylation is 1. The predicted octanol–water partition coefficient (Wildman–Crippen LogP) is 5.42. The van der Waals surface area contributed by atoms with Crippen LogP contribution >= 0.6 is 11.8 Å². The van der Waals surface area contributed by atoms with Crippen molar-refractivity contribution in [2.24, 2.45) is 0 Å². The van der Waals surface area contributed by atoms with Crippen molar-refractivity contribution in [3.63, 3.8) is 0 Å². The fourth-order valence-corrected chi connectivity index (χ4v) is 5.07. The number of rotatable bonds is 11. The second-order valence-electron chi connectivity index (χ2n) is 8.52. The Morgan fingerprint density at radius 3 is 2.62 bits per heavy atom. The number of aromatic nitrogens is 4. The van der Waals surface area contributed by atoms with Gasteiger partial charge in [-0.1, -0.05) is 30.5 Å². The molecule has 0 unspecified atom stereocenters. The second-order valence-corrected chi connectivity index (χ2v) is 9.65. The highest BCUT2D eigenvalue weighted by molar-refractivity contribution is 7.99. The number of fused-ring (bicyclic) bond motifs is 1. The highest BCUT2D eigenvalue weighted by atomic mass is 32.2. The molecule has 1 aliphatic rings. The zero-order chi connectivity index (χ0) is 23.8. The normalized spacial score (nSPS) is 15.3. The maximum Gasteiger partial charge on any atom is 0.416 e. The summed E-state index contributed by atoms with van der Waals surface area (Å²) in [4.78, 5) is 7.44. The van der Waals surface area contributed by atoms with Crippen molar-refractivity contribution in [3.05, 3.63) is 47.9 Å². The topological polar surface area (TPSA) is 56.1 Å². The van der Waals surface area contributed by atoms with Gasteiger partial charge in [-0.05, 0) is 36.8 Å². The Labute approximate surface area is 201 Å². The van der Waals surface area contributed by atoms with Crippen molar-refractivity contribution >= 4 is 22.7 Å². The molecule has 1 saturated heterocycles. The fourth-order valence-electron chi connectivity index (χ4n) is 4.02. The number of halogens is 3. The van der Waals surface area contributed by atoms with Crippen molar-refractivity contribution in [1.82, 2.24) is 24.9 Å². The summed E-state index contributed by atoms with van der Waals surface area (Å²) in [7, 11) is 0. The molecular formula is C24H30F3N5OS. The van der Waals surface area contributed by atoms with E-state index >= 15 is 0 Å². The summed E-state index contributed by atoms with van der Waals surface area (Å²) in [5.41, 5.74) is 0.743. The second kappa shape index (κ2) is 12.0. The minimum absolute atomic E-state index is 0.390. The fraction of sp³-hybridized carbons (Fsp3) is 0.542. The van der Waals surface area contributed by atoms with E-state index in [2.05, 4.69) is 20.2 Å². The van der Waals surface area contributed by atoms with E-state index in [-0.39, 0.29) is 0 Å². The summed E-state index contributed by atoms with van der Waals surface area (Å²) in [6, 6.07) is 5.67. The SMILES string of the molecule is FC(F)(F)c1ccc2c(SCCCCCCCn3cc(CN4CCOCC4)nn3)ccnc2c1. The number of hydrogen-bond donors (Lipinski definition) is 0. The highest BCUT2D eigenvalue weighted by Gasteiger charge is 2.30. The number of morpholine rings is 1. The van der Waals surface area contributed by atoms with Crippen LogP contribution in [0, 0.1) is 0 Å². The number of nitrogens with zero attached hydrogens (tertiary/aromatic N) is 5. The molecule has 6 nitrogen and oxygen atoms in total. The number of alkyl halides is 3. The summed E-state index contributed by atoms with van der Waals surface area (Å²) >= 11 is 1.69. The van der Waals surface area contributed by atoms with Crippen LogP contribution in [-0.4, -0.2) is 56.9 Å². The summed E-state index contributed by atoms with van der Waals surface area (Å²) in [5.74, 6) is 0.939. The Hall–Kier alpha value is -2.17. The largest absolute Gasteiger partial charge is 0.416 e. The number of thioether (sulfide) groups is 1. The van der Waals surface area contributed by atoms with E-state index in [4.69, 9.17) is 4.74 Å². The van der Waals surface area contributed by atoms with Crippen LogP contribution in [0.3, 0.4) is 0 Å². The molecule has 34 heavy (non-hydrogen) atoms. The van der Waals surface area contributed by atoms with Crippen LogP contribution in [0.4, 0.5) is 13.2 Å². The monoisotopic (exact) mass is 493 g/mol. The van der Waals surface area contributed by atoms with Gasteiger partial charge in [-0.3, -0.25) is 14.6 Å². The molecule has 184 valence electrons. The quantitative estimate of drug-likeness (QED) is 0.263. The molecule has 3 aromatic rings. The molecule has 3 heterocycles. The third-order valence-corrected chi connectivity index (χ3v) is 7.05. The maximum atomic E-state index is 12.9. The summed E-state index contributed by atoms with van der Waals surface area (Å²) in [6.07, 6.45) is 4.85. The third-order valence-electron chi connectivity index (χ3n) is 5.89. The number of ether oxygens (including phenoxy) is 1. The lowest BCUT2D eigenvalue weighted by Crippen LogP contribution is -2.35. The molecule has 0 saturated carbocycles. The smallest absolute Gasteiger partial charge is 0.379 e. The lowest BCUT2D eigenvalue weighted by Gasteiger charge is -2.25. The Morgan fingerprint density at radius 2 is 1.79 bits per heavy atom. The van der Waals surface area contributed by atoms with E-state index in [9.17, 15) is 13.2 Å². The molecule has 0 amide bonds. The summed E-state index contributed by atoms with van der Waals surface area (Å²) < 4.78 is 46.1. The molecule has 10 heteroatoms. The van der Waals surface area contributed by atoms with Gasteiger partial charge in [-0.25, -0.2) is 0 Å². The average molecular weight is 494 g/mol. The average Bonchev–Trinajstić information content (AvgIpc) is 3.27. The van der Waals surface area contributed by atoms with Crippen molar-refractivity contribution in [2.75, 3.05) is 32.1 Å². The number of hydrogen-bond acceptors (Lipinski definition) is 6. The minimum Gasteiger partial charge on any atom is -0.379 e. The van der Waals surface area contributed by atoms with Crippen molar-refractivity contribution in [3.8, 4) is 0 Å². The van der Waals surface area contributed by atoms with E-state index < -0.39 is 11.7 Å². The molecule has 1 aromatic carbocycles. The van der Waals surface area contributed by atoms with Crippen LogP contribution in [0.25, 0.3) is 10.9 Å². The third kappa shape index (κ3) is 7.16. The molecule has 0 bridgehead atoms. The Morgan fingerprint density at radius 1 is 1.00 bits per heavy atom. The van der Waals surface area contributed by atoms with Crippen molar-refractivity contribution < 1.29 is 17.9 Å². The van der Waals surface area contributed by atoms with Crippen LogP contribution in [0.5, 0.6) is 0 Å². The maximum absolute atomic E-state index is 12.9. The first-order valence-electron chi connectivity index (χ1n) is 11.8. The molecule has 0 atom stereocenters. The lowest BCUT2D eigenvalue weighted by molar-refractivity contribution is -0.137. The Balaban J connectivity index is 1.11. The van der Waals surface area contributed by atoms with E-state index in [1.54, 1.807) is 18.0 Å². The first kappa shape index (κ1) is 24.9. The number of pyridine rings is 1. The number of benzene rings is 1. The zero-order valence-electron chi connectivity index (χ0n) is 19.1. The highest BCUT2D eigenvalue weighted by Crippen LogP contribution is 2.34. The summed E-state index contributed by atoms with van der Waals surface area (Å²) in [5, 5.41) is 9.31. The van der Waals surface area contributed by atoms with Gasteiger partial charge in [0.2, 0.25) is 0 Å². The van der Waals surface area contributed by atoms with Gasteiger partial charge in [-0.2, -0.15) is 13.2 Å². The van der Waals surface area contributed by atoms with Gasteiger partial charge in [0.05, 0.1) is 30.0 Å². The number of unbranched alkanes of at least 4 members (excludes halogenated alkanes) is 4. The first-order chi connectivity index (χ1) is 16.5. The van der Waals surface area contributed by atoms with Gasteiger partial charge >= 0.3 is 6.18 Å². The van der Waals surface area contributed by atoms with Crippen molar-refractivity contribution in [2.45, 2.75) is 56.3 Å². The van der Waals surface area contributed by atoms with Crippen LogP contribution in [0.2, 0.25) is 0 Å². The molecule has 0 N–H and O–H groups in total. The van der Waals surface area contributed by atoms with Gasteiger partial charge in [0.1, 0.15) is 0 Å². The molecule has 2 aromatic heterocycles. The molecular weight excluding hydrogens is 463 g/mol. The Kier molecular flexibility index (Phi) is 8.80. The first-order valence-corrected chi connectivity index (χ1v) is 12.8. The van der Waals surface area contributed by atoms with E-state index in [1.165, 1.54) is 6.07 Å². The van der Waals surface area contributed by atoms with Crippen molar-refractivity contribution in [1.29, 1.82) is 0 Å². The van der Waals surface area contributed by atoms with Crippen LogP contribution in [0.15, 0.2) is 41.6 Å². The van der Waals surface area contributed by atoms with Gasteiger partial charge in [-0.15, -0.1) is 16.9 Å². The molecule has 0 aliphatic carbocycles. The summed E-state index contributed by atoms with van der Waals surface area (Å²) in [6.45, 7) is 5.18. The zero-order valence-corrected chi connectivity index (χ0v) is 20.0. The van der Waals surface area contributed by atoms with E-state index in [0.29, 0.717) is 5.52 Å². The van der Waals surface area contributed by atoms with E-state index in [1.807, 2.05) is 16.9 Å². The minimum atomic E-state index is -4.35. The standard InChI is InChI=1S/C24H30F3N5OS/c25-24(26,27)19-6-7-21-22(16-19)28-9-8-23(21)34-15-5-3-1-2-4-10-32-18-20(29-30-32)17-31-11-13-33-14-12-31/h6-9,16,18H,1-5,10-15,17H2.